The van der Waals surface area contributed by atoms with Gasteiger partial charge in [-0.3, -0.25) is 0 Å². The molecule has 0 aliphatic heterocycles. The predicted octanol–water partition coefficient (Wildman–Crippen LogP) is 4.25. The van der Waals surface area contributed by atoms with E-state index < -0.39 is 0 Å². The largest absolute Gasteiger partial charge is 0.494 e. The minimum absolute atomic E-state index is 0.515. The Kier molecular flexibility index (Phi) is 3.74. The molecule has 2 aromatic carbocycles. The maximum absolute atomic E-state index is 5.78. The third kappa shape index (κ3) is 2.76. The van der Waals surface area contributed by atoms with Crippen molar-refractivity contribution in [2.24, 2.45) is 0 Å². The minimum Gasteiger partial charge on any atom is -0.494 e. The van der Waals surface area contributed by atoms with Gasteiger partial charge >= 0.3 is 0 Å². The minimum atomic E-state index is 0.515. The molecule has 0 atom stereocenters. The first-order chi connectivity index (χ1) is 11.7. The zero-order valence-electron chi connectivity index (χ0n) is 13.3. The Hall–Kier alpha value is -2.73. The summed E-state index contributed by atoms with van der Waals surface area (Å²) in [6.07, 6.45) is 0.515. The molecule has 2 heterocycles. The number of fused-ring (bicyclic) bond motifs is 1. The lowest BCUT2D eigenvalue weighted by Gasteiger charge is -1.98. The molecule has 0 radical (unpaired) electrons. The van der Waals surface area contributed by atoms with Gasteiger partial charge in [0.05, 0.1) is 18.2 Å². The number of ether oxygens (including phenoxy) is 1. The van der Waals surface area contributed by atoms with Crippen LogP contribution in [0.2, 0.25) is 0 Å². The van der Waals surface area contributed by atoms with Crippen molar-refractivity contribution in [2.75, 3.05) is 7.11 Å². The first-order valence-electron chi connectivity index (χ1n) is 7.55. The lowest BCUT2D eigenvalue weighted by atomic mass is 10.1. The molecule has 5 nitrogen and oxygen atoms in total. The Morgan fingerprint density at radius 3 is 2.71 bits per heavy atom. The SMILES string of the molecule is COc1cccc2sc(Cc3nnc(-c4ccc(C)cc4)o3)nc12. The monoisotopic (exact) mass is 337 g/mol. The van der Waals surface area contributed by atoms with Crippen LogP contribution in [0.5, 0.6) is 5.75 Å². The summed E-state index contributed by atoms with van der Waals surface area (Å²) < 4.78 is 12.2. The zero-order valence-corrected chi connectivity index (χ0v) is 14.1. The van der Waals surface area contributed by atoms with Crippen molar-refractivity contribution in [2.45, 2.75) is 13.3 Å². The van der Waals surface area contributed by atoms with E-state index in [1.165, 1.54) is 5.56 Å². The molecule has 0 unspecified atom stereocenters. The molecule has 0 bridgehead atoms. The second kappa shape index (κ2) is 6.05. The van der Waals surface area contributed by atoms with Gasteiger partial charge in [0.25, 0.3) is 0 Å². The summed E-state index contributed by atoms with van der Waals surface area (Å²) in [7, 11) is 1.65. The van der Waals surface area contributed by atoms with Gasteiger partial charge in [0, 0.05) is 5.56 Å². The molecule has 0 aliphatic carbocycles. The second-order valence-corrected chi connectivity index (χ2v) is 6.57. The van der Waals surface area contributed by atoms with Crippen LogP contribution in [-0.4, -0.2) is 22.3 Å². The molecule has 4 rings (SSSR count). The third-order valence-electron chi connectivity index (χ3n) is 3.71. The van der Waals surface area contributed by atoms with Crippen molar-refractivity contribution >= 4 is 21.6 Å². The molecule has 0 saturated carbocycles. The second-order valence-electron chi connectivity index (χ2n) is 5.46. The average Bonchev–Trinajstić information content (AvgIpc) is 3.22. The van der Waals surface area contributed by atoms with Crippen LogP contribution in [0.4, 0.5) is 0 Å². The number of methoxy groups -OCH3 is 1. The first kappa shape index (κ1) is 14.8. The summed E-state index contributed by atoms with van der Waals surface area (Å²) in [6.45, 7) is 2.05. The lowest BCUT2D eigenvalue weighted by Crippen LogP contribution is -1.88. The summed E-state index contributed by atoms with van der Waals surface area (Å²) in [6, 6.07) is 13.9. The molecule has 24 heavy (non-hydrogen) atoms. The van der Waals surface area contributed by atoms with Crippen molar-refractivity contribution in [3.63, 3.8) is 0 Å². The summed E-state index contributed by atoms with van der Waals surface area (Å²) in [5, 5.41) is 9.20. The van der Waals surface area contributed by atoms with E-state index in [9.17, 15) is 0 Å². The summed E-state index contributed by atoms with van der Waals surface area (Å²) in [5.74, 6) is 1.87. The fourth-order valence-corrected chi connectivity index (χ4v) is 3.45. The van der Waals surface area contributed by atoms with Crippen LogP contribution in [0.1, 0.15) is 16.5 Å². The van der Waals surface area contributed by atoms with E-state index in [0.29, 0.717) is 18.2 Å². The molecule has 0 fully saturated rings. The van der Waals surface area contributed by atoms with Gasteiger partial charge in [-0.15, -0.1) is 21.5 Å². The summed E-state index contributed by atoms with van der Waals surface area (Å²) in [4.78, 5) is 4.64. The van der Waals surface area contributed by atoms with E-state index in [1.807, 2.05) is 49.4 Å². The van der Waals surface area contributed by atoms with Crippen molar-refractivity contribution in [1.82, 2.24) is 15.2 Å². The van der Waals surface area contributed by atoms with Gasteiger partial charge in [-0.1, -0.05) is 23.8 Å². The van der Waals surface area contributed by atoms with E-state index >= 15 is 0 Å². The number of aromatic nitrogens is 3. The standard InChI is InChI=1S/C18H15N3O2S/c1-11-6-8-12(9-7-11)18-21-20-15(23-18)10-16-19-17-13(22-2)4-3-5-14(17)24-16/h3-9H,10H2,1-2H3. The topological polar surface area (TPSA) is 61.0 Å². The maximum Gasteiger partial charge on any atom is 0.247 e. The van der Waals surface area contributed by atoms with Crippen molar-refractivity contribution in [3.8, 4) is 17.2 Å². The van der Waals surface area contributed by atoms with Crippen LogP contribution in [0, 0.1) is 6.92 Å². The van der Waals surface area contributed by atoms with Gasteiger partial charge in [0.2, 0.25) is 11.8 Å². The molecular weight excluding hydrogens is 322 g/mol. The number of nitrogens with zero attached hydrogens (tertiary/aromatic N) is 3. The molecule has 2 aromatic heterocycles. The van der Waals surface area contributed by atoms with E-state index in [0.717, 1.165) is 26.5 Å². The summed E-state index contributed by atoms with van der Waals surface area (Å²) in [5.41, 5.74) is 2.99. The molecule has 0 amide bonds. The highest BCUT2D eigenvalue weighted by molar-refractivity contribution is 7.18. The lowest BCUT2D eigenvalue weighted by molar-refractivity contribution is 0.419. The predicted molar refractivity (Wildman–Crippen MR) is 93.4 cm³/mol. The van der Waals surface area contributed by atoms with Crippen molar-refractivity contribution in [3.05, 3.63) is 58.9 Å². The molecule has 6 heteroatoms. The van der Waals surface area contributed by atoms with Gasteiger partial charge < -0.3 is 9.15 Å². The molecular formula is C18H15N3O2S. The van der Waals surface area contributed by atoms with E-state index in [-0.39, 0.29) is 0 Å². The molecule has 0 N–H and O–H groups in total. The maximum atomic E-state index is 5.78. The van der Waals surface area contributed by atoms with Crippen LogP contribution < -0.4 is 4.74 Å². The van der Waals surface area contributed by atoms with E-state index in [1.54, 1.807) is 18.4 Å². The molecule has 120 valence electrons. The van der Waals surface area contributed by atoms with Gasteiger partial charge in [-0.2, -0.15) is 0 Å². The molecule has 4 aromatic rings. The number of para-hydroxylation sites is 1. The van der Waals surface area contributed by atoms with Gasteiger partial charge in [0.1, 0.15) is 16.3 Å². The van der Waals surface area contributed by atoms with Crippen LogP contribution in [0.15, 0.2) is 46.9 Å². The normalized spacial score (nSPS) is 11.1. The van der Waals surface area contributed by atoms with Crippen LogP contribution in [0.25, 0.3) is 21.7 Å². The number of hydrogen-bond donors (Lipinski definition) is 0. The number of rotatable bonds is 4. The van der Waals surface area contributed by atoms with Crippen LogP contribution >= 0.6 is 11.3 Å². The van der Waals surface area contributed by atoms with E-state index in [2.05, 4.69) is 15.2 Å². The van der Waals surface area contributed by atoms with Gasteiger partial charge in [0.15, 0.2) is 0 Å². The third-order valence-corrected chi connectivity index (χ3v) is 4.73. The number of benzene rings is 2. The fraction of sp³-hybridized carbons (Fsp3) is 0.167. The zero-order chi connectivity index (χ0) is 16.5. The summed E-state index contributed by atoms with van der Waals surface area (Å²) >= 11 is 1.61. The Bertz CT molecular complexity index is 989. The molecule has 0 aliphatic rings. The molecule has 0 saturated heterocycles. The average molecular weight is 337 g/mol. The highest BCUT2D eigenvalue weighted by Crippen LogP contribution is 2.30. The highest BCUT2D eigenvalue weighted by atomic mass is 32.1. The number of hydrogen-bond acceptors (Lipinski definition) is 6. The van der Waals surface area contributed by atoms with E-state index in [4.69, 9.17) is 9.15 Å². The quantitative estimate of drug-likeness (QED) is 0.557. The van der Waals surface area contributed by atoms with Gasteiger partial charge in [-0.25, -0.2) is 4.98 Å². The molecule has 0 spiro atoms. The highest BCUT2D eigenvalue weighted by Gasteiger charge is 2.13. The van der Waals surface area contributed by atoms with Crippen molar-refractivity contribution in [1.29, 1.82) is 0 Å². The smallest absolute Gasteiger partial charge is 0.247 e. The Morgan fingerprint density at radius 2 is 1.92 bits per heavy atom. The van der Waals surface area contributed by atoms with Crippen molar-refractivity contribution < 1.29 is 9.15 Å². The van der Waals surface area contributed by atoms with Crippen LogP contribution in [0.3, 0.4) is 0 Å². The number of aryl methyl sites for hydroxylation is 1. The van der Waals surface area contributed by atoms with Gasteiger partial charge in [-0.05, 0) is 31.2 Å². The van der Waals surface area contributed by atoms with Crippen LogP contribution in [-0.2, 0) is 6.42 Å². The number of thiazole rings is 1. The Labute approximate surface area is 142 Å². The first-order valence-corrected chi connectivity index (χ1v) is 8.36. The Balaban J connectivity index is 1.61. The fourth-order valence-electron chi connectivity index (χ4n) is 2.48. The Morgan fingerprint density at radius 1 is 1.08 bits per heavy atom.